The summed E-state index contributed by atoms with van der Waals surface area (Å²) in [6.45, 7) is 4.49. The zero-order valence-corrected chi connectivity index (χ0v) is 16.2. The van der Waals surface area contributed by atoms with Gasteiger partial charge in [-0.2, -0.15) is 0 Å². The summed E-state index contributed by atoms with van der Waals surface area (Å²) in [6, 6.07) is 14.8. The van der Waals surface area contributed by atoms with Gasteiger partial charge in [0.2, 0.25) is 5.91 Å². The number of pyridine rings is 1. The van der Waals surface area contributed by atoms with E-state index in [0.717, 1.165) is 21.4 Å². The van der Waals surface area contributed by atoms with Crippen LogP contribution in [0.25, 0.3) is 10.9 Å². The maximum atomic E-state index is 12.3. The number of carbonyl (C=O) groups excluding carboxylic acids is 1. The van der Waals surface area contributed by atoms with Crippen LogP contribution < -0.4 is 10.9 Å². The van der Waals surface area contributed by atoms with E-state index in [1.165, 1.54) is 11.8 Å². The number of rotatable bonds is 5. The van der Waals surface area contributed by atoms with Crippen LogP contribution in [0.4, 0.5) is 5.69 Å². The van der Waals surface area contributed by atoms with Crippen molar-refractivity contribution in [2.24, 2.45) is 0 Å². The van der Waals surface area contributed by atoms with Crippen LogP contribution in [0.2, 0.25) is 5.02 Å². The standard InChI is InChI=1S/C20H19ClN2O2S/c1-3-23-17-7-5-4-6-14(17)18(11-20(23)25)26-12-19(24)22-16-9-8-13(2)10-15(16)21/h4-11H,3,12H2,1-2H3,(H,22,24). The minimum atomic E-state index is -0.162. The van der Waals surface area contributed by atoms with Gasteiger partial charge in [0.1, 0.15) is 0 Å². The van der Waals surface area contributed by atoms with Crippen LogP contribution in [-0.4, -0.2) is 16.2 Å². The molecule has 134 valence electrons. The fourth-order valence-electron chi connectivity index (χ4n) is 2.80. The number of thioether (sulfide) groups is 1. The topological polar surface area (TPSA) is 51.1 Å². The van der Waals surface area contributed by atoms with Crippen LogP contribution in [-0.2, 0) is 11.3 Å². The number of nitrogens with one attached hydrogen (secondary N) is 1. The van der Waals surface area contributed by atoms with Crippen LogP contribution in [0.15, 0.2) is 58.2 Å². The summed E-state index contributed by atoms with van der Waals surface area (Å²) in [6.07, 6.45) is 0. The summed E-state index contributed by atoms with van der Waals surface area (Å²) in [5.74, 6) is 0.0357. The molecule has 0 bridgehead atoms. The van der Waals surface area contributed by atoms with Crippen LogP contribution in [0.5, 0.6) is 0 Å². The van der Waals surface area contributed by atoms with Gasteiger partial charge >= 0.3 is 0 Å². The fraction of sp³-hybridized carbons (Fsp3) is 0.200. The molecule has 0 fully saturated rings. The van der Waals surface area contributed by atoms with Gasteiger partial charge in [-0.05, 0) is 37.6 Å². The number of para-hydroxylation sites is 1. The molecule has 0 aliphatic rings. The quantitative estimate of drug-likeness (QED) is 0.646. The van der Waals surface area contributed by atoms with Crippen molar-refractivity contribution in [1.29, 1.82) is 0 Å². The van der Waals surface area contributed by atoms with Crippen LogP contribution in [0.3, 0.4) is 0 Å². The lowest BCUT2D eigenvalue weighted by molar-refractivity contribution is -0.113. The Bertz CT molecular complexity index is 1030. The summed E-state index contributed by atoms with van der Waals surface area (Å²) in [5.41, 5.74) is 2.45. The summed E-state index contributed by atoms with van der Waals surface area (Å²) in [5, 5.41) is 4.30. The molecule has 0 spiro atoms. The van der Waals surface area contributed by atoms with Gasteiger partial charge in [-0.3, -0.25) is 9.59 Å². The summed E-state index contributed by atoms with van der Waals surface area (Å²) >= 11 is 7.51. The number of benzene rings is 2. The van der Waals surface area contributed by atoms with Crippen molar-refractivity contribution >= 4 is 45.9 Å². The molecule has 0 atom stereocenters. The van der Waals surface area contributed by atoms with Gasteiger partial charge < -0.3 is 9.88 Å². The Morgan fingerprint density at radius 2 is 1.96 bits per heavy atom. The Balaban J connectivity index is 1.79. The maximum absolute atomic E-state index is 12.3. The average molecular weight is 387 g/mol. The number of anilines is 1. The normalized spacial score (nSPS) is 10.9. The van der Waals surface area contributed by atoms with E-state index in [2.05, 4.69) is 5.32 Å². The minimum Gasteiger partial charge on any atom is -0.324 e. The van der Waals surface area contributed by atoms with Crippen molar-refractivity contribution in [2.45, 2.75) is 25.3 Å². The van der Waals surface area contributed by atoms with Gasteiger partial charge in [0.05, 0.1) is 22.0 Å². The van der Waals surface area contributed by atoms with Gasteiger partial charge in [0, 0.05) is 22.9 Å². The highest BCUT2D eigenvalue weighted by Gasteiger charge is 2.11. The van der Waals surface area contributed by atoms with E-state index < -0.39 is 0 Å². The Hall–Kier alpha value is -2.24. The molecule has 0 radical (unpaired) electrons. The van der Waals surface area contributed by atoms with E-state index in [0.29, 0.717) is 17.3 Å². The van der Waals surface area contributed by atoms with Crippen molar-refractivity contribution in [2.75, 3.05) is 11.1 Å². The number of nitrogens with zero attached hydrogens (tertiary/aromatic N) is 1. The molecule has 1 N–H and O–H groups in total. The van der Waals surface area contributed by atoms with Gasteiger partial charge in [-0.15, -0.1) is 11.8 Å². The zero-order valence-electron chi connectivity index (χ0n) is 14.6. The van der Waals surface area contributed by atoms with Crippen molar-refractivity contribution in [3.63, 3.8) is 0 Å². The summed E-state index contributed by atoms with van der Waals surface area (Å²) in [4.78, 5) is 25.4. The van der Waals surface area contributed by atoms with Crippen LogP contribution >= 0.6 is 23.4 Å². The molecule has 1 heterocycles. The van der Waals surface area contributed by atoms with E-state index in [-0.39, 0.29) is 17.2 Å². The molecule has 0 unspecified atom stereocenters. The monoisotopic (exact) mass is 386 g/mol. The maximum Gasteiger partial charge on any atom is 0.252 e. The molecule has 0 saturated heterocycles. The van der Waals surface area contributed by atoms with E-state index >= 15 is 0 Å². The molecular weight excluding hydrogens is 368 g/mol. The summed E-state index contributed by atoms with van der Waals surface area (Å²) < 4.78 is 1.73. The first-order valence-electron chi connectivity index (χ1n) is 8.31. The van der Waals surface area contributed by atoms with Gasteiger partial charge in [0.15, 0.2) is 0 Å². The largest absolute Gasteiger partial charge is 0.324 e. The van der Waals surface area contributed by atoms with Gasteiger partial charge in [0.25, 0.3) is 5.56 Å². The second-order valence-electron chi connectivity index (χ2n) is 5.93. The lowest BCUT2D eigenvalue weighted by Crippen LogP contribution is -2.19. The SMILES string of the molecule is CCn1c(=O)cc(SCC(=O)Nc2ccc(C)cc2Cl)c2ccccc21. The average Bonchev–Trinajstić information content (AvgIpc) is 2.62. The Morgan fingerprint density at radius 1 is 1.19 bits per heavy atom. The molecule has 6 heteroatoms. The Kier molecular flexibility index (Phi) is 5.69. The molecule has 2 aromatic carbocycles. The molecule has 4 nitrogen and oxygen atoms in total. The predicted molar refractivity (Wildman–Crippen MR) is 109 cm³/mol. The first-order valence-corrected chi connectivity index (χ1v) is 9.67. The molecule has 0 saturated carbocycles. The number of hydrogen-bond acceptors (Lipinski definition) is 3. The number of aromatic nitrogens is 1. The molecule has 0 aliphatic heterocycles. The van der Waals surface area contributed by atoms with E-state index in [4.69, 9.17) is 11.6 Å². The lowest BCUT2D eigenvalue weighted by Gasteiger charge is -2.12. The van der Waals surface area contributed by atoms with Crippen molar-refractivity contribution in [1.82, 2.24) is 4.57 Å². The highest BCUT2D eigenvalue weighted by molar-refractivity contribution is 8.00. The Labute approximate surface area is 161 Å². The van der Waals surface area contributed by atoms with Crippen molar-refractivity contribution in [3.8, 4) is 0 Å². The molecule has 3 aromatic rings. The Morgan fingerprint density at radius 3 is 2.69 bits per heavy atom. The first-order chi connectivity index (χ1) is 12.5. The third kappa shape index (κ3) is 3.94. The second kappa shape index (κ2) is 7.98. The molecule has 1 amide bonds. The third-order valence-electron chi connectivity index (χ3n) is 4.05. The van der Waals surface area contributed by atoms with Gasteiger partial charge in [-0.25, -0.2) is 0 Å². The lowest BCUT2D eigenvalue weighted by atomic mass is 10.2. The highest BCUT2D eigenvalue weighted by Crippen LogP contribution is 2.27. The first kappa shape index (κ1) is 18.5. The van der Waals surface area contributed by atoms with Crippen molar-refractivity contribution < 1.29 is 4.79 Å². The summed E-state index contributed by atoms with van der Waals surface area (Å²) in [7, 11) is 0. The van der Waals surface area contributed by atoms with E-state index in [9.17, 15) is 9.59 Å². The molecular formula is C20H19ClN2O2S. The predicted octanol–water partition coefficient (Wildman–Crippen LogP) is 4.71. The molecule has 3 rings (SSSR count). The number of halogens is 1. The number of amides is 1. The zero-order chi connectivity index (χ0) is 18.7. The van der Waals surface area contributed by atoms with Crippen LogP contribution in [0, 0.1) is 6.92 Å². The molecule has 0 aliphatic carbocycles. The van der Waals surface area contributed by atoms with E-state index in [1.807, 2.05) is 50.2 Å². The number of carbonyl (C=O) groups is 1. The van der Waals surface area contributed by atoms with Gasteiger partial charge in [-0.1, -0.05) is 35.9 Å². The van der Waals surface area contributed by atoms with Crippen LogP contribution in [0.1, 0.15) is 12.5 Å². The minimum absolute atomic E-state index is 0.0595. The number of fused-ring (bicyclic) bond motifs is 1. The number of hydrogen-bond donors (Lipinski definition) is 1. The van der Waals surface area contributed by atoms with Crippen molar-refractivity contribution in [3.05, 3.63) is 69.5 Å². The highest BCUT2D eigenvalue weighted by atomic mass is 35.5. The smallest absolute Gasteiger partial charge is 0.252 e. The third-order valence-corrected chi connectivity index (χ3v) is 5.42. The molecule has 1 aromatic heterocycles. The molecule has 26 heavy (non-hydrogen) atoms. The number of aryl methyl sites for hydroxylation is 2. The second-order valence-corrected chi connectivity index (χ2v) is 7.35. The fourth-order valence-corrected chi connectivity index (χ4v) is 3.95. The van der Waals surface area contributed by atoms with E-state index in [1.54, 1.807) is 16.7 Å².